The first-order valence-electron chi connectivity index (χ1n) is 8.83. The van der Waals surface area contributed by atoms with Crippen LogP contribution >= 0.6 is 0 Å². The standard InChI is InChI=1S/C21H19N5O/c1-2-26(14-16-9-5-3-6-10-16)20-18(13-22-15-23-20)21-24-19(25-27-21)17-11-7-4-8-12-17/h3-13,15H,2,14H2,1H3. The lowest BCUT2D eigenvalue weighted by Crippen LogP contribution is -2.24. The Bertz CT molecular complexity index is 1000. The maximum atomic E-state index is 5.52. The third-order valence-corrected chi connectivity index (χ3v) is 4.28. The molecule has 0 saturated heterocycles. The van der Waals surface area contributed by atoms with E-state index in [9.17, 15) is 0 Å². The van der Waals surface area contributed by atoms with E-state index >= 15 is 0 Å². The molecule has 2 aromatic heterocycles. The van der Waals surface area contributed by atoms with Gasteiger partial charge in [-0.25, -0.2) is 9.97 Å². The van der Waals surface area contributed by atoms with Crippen molar-refractivity contribution in [1.29, 1.82) is 0 Å². The molecule has 2 aromatic carbocycles. The van der Waals surface area contributed by atoms with Crippen LogP contribution in [0.5, 0.6) is 0 Å². The van der Waals surface area contributed by atoms with E-state index in [1.54, 1.807) is 12.5 Å². The van der Waals surface area contributed by atoms with Crippen LogP contribution in [0.3, 0.4) is 0 Å². The molecule has 2 heterocycles. The highest BCUT2D eigenvalue weighted by molar-refractivity contribution is 5.70. The fraction of sp³-hybridized carbons (Fsp3) is 0.143. The van der Waals surface area contributed by atoms with Gasteiger partial charge in [-0.2, -0.15) is 4.98 Å². The average molecular weight is 357 g/mol. The van der Waals surface area contributed by atoms with Crippen molar-refractivity contribution in [2.75, 3.05) is 11.4 Å². The number of anilines is 1. The number of nitrogens with zero attached hydrogens (tertiary/aromatic N) is 5. The maximum Gasteiger partial charge on any atom is 0.263 e. The normalized spacial score (nSPS) is 10.7. The molecular weight excluding hydrogens is 338 g/mol. The lowest BCUT2D eigenvalue weighted by atomic mass is 10.2. The maximum absolute atomic E-state index is 5.52. The first-order valence-corrected chi connectivity index (χ1v) is 8.83. The molecule has 134 valence electrons. The minimum atomic E-state index is 0.413. The molecule has 6 nitrogen and oxygen atoms in total. The second-order valence-corrected chi connectivity index (χ2v) is 6.05. The Morgan fingerprint density at radius 3 is 2.44 bits per heavy atom. The van der Waals surface area contributed by atoms with Crippen LogP contribution in [0.2, 0.25) is 0 Å². The van der Waals surface area contributed by atoms with Crippen LogP contribution in [0.25, 0.3) is 22.8 Å². The molecule has 0 N–H and O–H groups in total. The molecule has 0 radical (unpaired) electrons. The zero-order valence-corrected chi connectivity index (χ0v) is 15.0. The summed E-state index contributed by atoms with van der Waals surface area (Å²) in [6.45, 7) is 3.62. The largest absolute Gasteiger partial charge is 0.352 e. The highest BCUT2D eigenvalue weighted by Crippen LogP contribution is 2.29. The minimum Gasteiger partial charge on any atom is -0.352 e. The zero-order chi connectivity index (χ0) is 18.5. The Labute approximate surface area is 157 Å². The van der Waals surface area contributed by atoms with Crippen LogP contribution in [-0.2, 0) is 6.54 Å². The molecule has 0 bridgehead atoms. The predicted octanol–water partition coefficient (Wildman–Crippen LogP) is 4.22. The second kappa shape index (κ2) is 7.78. The van der Waals surface area contributed by atoms with Crippen molar-refractivity contribution in [1.82, 2.24) is 20.1 Å². The molecule has 0 unspecified atom stereocenters. The van der Waals surface area contributed by atoms with Crippen molar-refractivity contribution in [3.63, 3.8) is 0 Å². The number of benzene rings is 2. The Balaban J connectivity index is 1.68. The SMILES string of the molecule is CCN(Cc1ccccc1)c1ncncc1-c1nc(-c2ccccc2)no1. The van der Waals surface area contributed by atoms with Crippen molar-refractivity contribution < 1.29 is 4.52 Å². The molecular formula is C21H19N5O. The van der Waals surface area contributed by atoms with E-state index in [1.807, 2.05) is 48.5 Å². The third-order valence-electron chi connectivity index (χ3n) is 4.28. The van der Waals surface area contributed by atoms with Gasteiger partial charge in [0.15, 0.2) is 0 Å². The highest BCUT2D eigenvalue weighted by Gasteiger charge is 2.19. The quantitative estimate of drug-likeness (QED) is 0.515. The van der Waals surface area contributed by atoms with Gasteiger partial charge < -0.3 is 9.42 Å². The summed E-state index contributed by atoms with van der Waals surface area (Å²) in [5, 5.41) is 4.11. The molecule has 0 aliphatic rings. The van der Waals surface area contributed by atoms with Crippen LogP contribution in [0, 0.1) is 0 Å². The molecule has 27 heavy (non-hydrogen) atoms. The van der Waals surface area contributed by atoms with Gasteiger partial charge in [0.25, 0.3) is 5.89 Å². The fourth-order valence-corrected chi connectivity index (χ4v) is 2.90. The summed E-state index contributed by atoms with van der Waals surface area (Å²) < 4.78 is 5.52. The first kappa shape index (κ1) is 16.9. The molecule has 0 fully saturated rings. The van der Waals surface area contributed by atoms with Gasteiger partial charge >= 0.3 is 0 Å². The van der Waals surface area contributed by atoms with Crippen LogP contribution in [0.1, 0.15) is 12.5 Å². The van der Waals surface area contributed by atoms with Gasteiger partial charge in [0, 0.05) is 24.8 Å². The number of hydrogen-bond acceptors (Lipinski definition) is 6. The molecule has 0 saturated carbocycles. The Morgan fingerprint density at radius 1 is 0.963 bits per heavy atom. The Kier molecular flexibility index (Phi) is 4.87. The summed E-state index contributed by atoms with van der Waals surface area (Å²) in [4.78, 5) is 15.4. The van der Waals surface area contributed by atoms with Gasteiger partial charge in [-0.1, -0.05) is 65.8 Å². The van der Waals surface area contributed by atoms with Crippen molar-refractivity contribution in [3.05, 3.63) is 78.8 Å². The van der Waals surface area contributed by atoms with E-state index < -0.39 is 0 Å². The molecule has 4 aromatic rings. The second-order valence-electron chi connectivity index (χ2n) is 6.05. The van der Waals surface area contributed by atoms with E-state index in [2.05, 4.69) is 44.1 Å². The van der Waals surface area contributed by atoms with Crippen molar-refractivity contribution >= 4 is 5.82 Å². The van der Waals surface area contributed by atoms with Crippen LogP contribution in [-0.4, -0.2) is 26.7 Å². The van der Waals surface area contributed by atoms with Crippen molar-refractivity contribution in [2.24, 2.45) is 0 Å². The summed E-state index contributed by atoms with van der Waals surface area (Å²) in [5.41, 5.74) is 2.84. The molecule has 0 aliphatic heterocycles. The third kappa shape index (κ3) is 3.69. The summed E-state index contributed by atoms with van der Waals surface area (Å²) >= 11 is 0. The molecule has 0 spiro atoms. The van der Waals surface area contributed by atoms with Crippen molar-refractivity contribution in [2.45, 2.75) is 13.5 Å². The molecule has 0 aliphatic carbocycles. The van der Waals surface area contributed by atoms with E-state index in [0.717, 1.165) is 30.0 Å². The van der Waals surface area contributed by atoms with Gasteiger partial charge in [0.05, 0.1) is 0 Å². The lowest BCUT2D eigenvalue weighted by molar-refractivity contribution is 0.432. The van der Waals surface area contributed by atoms with Crippen LogP contribution in [0.4, 0.5) is 5.82 Å². The topological polar surface area (TPSA) is 67.9 Å². The number of hydrogen-bond donors (Lipinski definition) is 0. The van der Waals surface area contributed by atoms with E-state index in [1.165, 1.54) is 5.56 Å². The van der Waals surface area contributed by atoms with Crippen LogP contribution < -0.4 is 4.90 Å². The van der Waals surface area contributed by atoms with Gasteiger partial charge in [-0.05, 0) is 12.5 Å². The van der Waals surface area contributed by atoms with Gasteiger partial charge in [0.2, 0.25) is 5.82 Å². The first-order chi connectivity index (χ1) is 13.3. The minimum absolute atomic E-state index is 0.413. The number of rotatable bonds is 6. The fourth-order valence-electron chi connectivity index (χ4n) is 2.90. The molecule has 4 rings (SSSR count). The summed E-state index contributed by atoms with van der Waals surface area (Å²) in [5.74, 6) is 1.74. The average Bonchev–Trinajstić information content (AvgIpc) is 3.24. The smallest absolute Gasteiger partial charge is 0.263 e. The van der Waals surface area contributed by atoms with Gasteiger partial charge in [-0.15, -0.1) is 0 Å². The monoisotopic (exact) mass is 357 g/mol. The van der Waals surface area contributed by atoms with Gasteiger partial charge in [0.1, 0.15) is 17.7 Å². The molecule has 6 heteroatoms. The highest BCUT2D eigenvalue weighted by atomic mass is 16.5. The van der Waals surface area contributed by atoms with E-state index in [-0.39, 0.29) is 0 Å². The summed E-state index contributed by atoms with van der Waals surface area (Å²) in [7, 11) is 0. The predicted molar refractivity (Wildman–Crippen MR) is 104 cm³/mol. The Hall–Kier alpha value is -3.54. The van der Waals surface area contributed by atoms with Gasteiger partial charge in [-0.3, -0.25) is 0 Å². The summed E-state index contributed by atoms with van der Waals surface area (Å²) in [6.07, 6.45) is 3.26. The van der Waals surface area contributed by atoms with Crippen molar-refractivity contribution in [3.8, 4) is 22.8 Å². The molecule has 0 atom stereocenters. The van der Waals surface area contributed by atoms with E-state index in [0.29, 0.717) is 11.7 Å². The van der Waals surface area contributed by atoms with E-state index in [4.69, 9.17) is 4.52 Å². The molecule has 0 amide bonds. The Morgan fingerprint density at radius 2 is 1.70 bits per heavy atom. The zero-order valence-electron chi connectivity index (χ0n) is 15.0. The van der Waals surface area contributed by atoms with Crippen LogP contribution in [0.15, 0.2) is 77.7 Å². The summed E-state index contributed by atoms with van der Waals surface area (Å²) in [6, 6.07) is 20.0. The number of aromatic nitrogens is 4. The lowest BCUT2D eigenvalue weighted by Gasteiger charge is -2.23.